The number of nitrogens with one attached hydrogen (secondary N) is 3. The van der Waals surface area contributed by atoms with Gasteiger partial charge in [0.25, 0.3) is 0 Å². The molecule has 5 rings (SSSR count). The third-order valence-electron chi connectivity index (χ3n) is 12.1. The van der Waals surface area contributed by atoms with Crippen molar-refractivity contribution in [3.8, 4) is 0 Å². The summed E-state index contributed by atoms with van der Waals surface area (Å²) >= 11 is 6.24. The minimum atomic E-state index is -2.57. The number of hydrogen-bond donors (Lipinski definition) is 5. The van der Waals surface area contributed by atoms with Crippen LogP contribution in [0.15, 0.2) is 42.5 Å². The number of nitrogens with zero attached hydrogens (tertiary/aromatic N) is 2. The monoisotopic (exact) mass is 901 g/mol. The van der Waals surface area contributed by atoms with Crippen molar-refractivity contribution in [1.82, 2.24) is 25.8 Å². The van der Waals surface area contributed by atoms with Crippen molar-refractivity contribution in [3.63, 3.8) is 0 Å². The number of urea groups is 2. The van der Waals surface area contributed by atoms with Crippen molar-refractivity contribution in [2.75, 3.05) is 73.8 Å². The summed E-state index contributed by atoms with van der Waals surface area (Å²) in [5.41, 5.74) is -2.88. The number of likely N-dealkylation sites (N-methyl/N-ethyl adjacent to an activating group) is 1. The first-order chi connectivity index (χ1) is 29.6. The van der Waals surface area contributed by atoms with E-state index in [0.29, 0.717) is 102 Å². The molecule has 2 heterocycles. The molecule has 2 saturated heterocycles. The molecule has 0 aromatic heterocycles. The quantitative estimate of drug-likeness (QED) is 0.0549. The lowest BCUT2D eigenvalue weighted by Gasteiger charge is -2.43. The van der Waals surface area contributed by atoms with Crippen LogP contribution in [-0.4, -0.2) is 124 Å². The number of halogens is 5. The van der Waals surface area contributed by atoms with Crippen molar-refractivity contribution in [3.05, 3.63) is 70.2 Å². The fourth-order valence-electron chi connectivity index (χ4n) is 8.52. The largest absolute Gasteiger partial charge is 0.385 e. The number of amides is 4. The van der Waals surface area contributed by atoms with Gasteiger partial charge in [0.2, 0.25) is 5.92 Å². The molecule has 2 aromatic carbocycles. The van der Waals surface area contributed by atoms with Crippen LogP contribution in [-0.2, 0) is 25.5 Å². The van der Waals surface area contributed by atoms with Gasteiger partial charge in [-0.3, -0.25) is 0 Å². The van der Waals surface area contributed by atoms with Crippen LogP contribution in [0, 0.1) is 17.6 Å². The molecule has 3 aliphatic rings. The van der Waals surface area contributed by atoms with Gasteiger partial charge in [0.05, 0.1) is 13.2 Å². The molecule has 62 heavy (non-hydrogen) atoms. The highest BCUT2D eigenvalue weighted by atomic mass is 35.5. The van der Waals surface area contributed by atoms with E-state index in [-0.39, 0.29) is 49.4 Å². The van der Waals surface area contributed by atoms with E-state index in [4.69, 9.17) is 25.8 Å². The second-order valence-corrected chi connectivity index (χ2v) is 17.3. The van der Waals surface area contributed by atoms with Gasteiger partial charge in [0.1, 0.15) is 11.7 Å². The maximum atomic E-state index is 14.2. The first kappa shape index (κ1) is 51.4. The molecule has 1 saturated carbocycles. The maximum absolute atomic E-state index is 14.2. The summed E-state index contributed by atoms with van der Waals surface area (Å²) in [6.07, 6.45) is 6.77. The van der Waals surface area contributed by atoms with E-state index in [9.17, 15) is 37.4 Å². The van der Waals surface area contributed by atoms with Gasteiger partial charge in [-0.15, -0.1) is 0 Å². The van der Waals surface area contributed by atoms with Gasteiger partial charge >= 0.3 is 12.1 Å². The Labute approximate surface area is 369 Å². The predicted molar refractivity (Wildman–Crippen MR) is 230 cm³/mol. The third-order valence-corrected chi connectivity index (χ3v) is 12.3. The lowest BCUT2D eigenvalue weighted by Crippen LogP contribution is -2.58. The van der Waals surface area contributed by atoms with Gasteiger partial charge in [0.15, 0.2) is 17.4 Å². The van der Waals surface area contributed by atoms with Gasteiger partial charge in [-0.05, 0) is 114 Å². The topological polar surface area (TPSA) is 145 Å². The van der Waals surface area contributed by atoms with Crippen LogP contribution in [0.25, 0.3) is 0 Å². The Bertz CT molecular complexity index is 1670. The normalized spacial score (nSPS) is 20.6. The van der Waals surface area contributed by atoms with Crippen molar-refractivity contribution in [2.45, 2.75) is 119 Å². The molecular formula is C45H68ClF4N5O7. The van der Waals surface area contributed by atoms with Crippen LogP contribution in [0.1, 0.15) is 101 Å². The summed E-state index contributed by atoms with van der Waals surface area (Å²) in [4.78, 5) is 29.0. The van der Waals surface area contributed by atoms with E-state index >= 15 is 0 Å². The number of hydrogen-bond acceptors (Lipinski definition) is 8. The van der Waals surface area contributed by atoms with Gasteiger partial charge in [-0.25, -0.2) is 27.2 Å². The van der Waals surface area contributed by atoms with Crippen molar-refractivity contribution < 1.29 is 51.6 Å². The van der Waals surface area contributed by atoms with Crippen LogP contribution >= 0.6 is 11.6 Å². The van der Waals surface area contributed by atoms with E-state index in [0.717, 1.165) is 31.7 Å². The number of likely N-dealkylation sites (tertiary alicyclic amines) is 1. The van der Waals surface area contributed by atoms with E-state index < -0.39 is 41.0 Å². The second-order valence-electron chi connectivity index (χ2n) is 16.8. The van der Waals surface area contributed by atoms with Crippen LogP contribution < -0.4 is 16.0 Å². The minimum absolute atomic E-state index is 0.0658. The smallest absolute Gasteiger partial charge is 0.319 e. The average molecular weight is 903 g/mol. The highest BCUT2D eigenvalue weighted by Crippen LogP contribution is 2.39. The lowest BCUT2D eigenvalue weighted by molar-refractivity contribution is -0.146. The van der Waals surface area contributed by atoms with E-state index in [2.05, 4.69) is 16.0 Å². The number of benzene rings is 2. The van der Waals surface area contributed by atoms with E-state index in [1.54, 1.807) is 42.2 Å². The molecule has 2 aliphatic heterocycles. The zero-order chi connectivity index (χ0) is 45.2. The summed E-state index contributed by atoms with van der Waals surface area (Å²) in [6, 6.07) is 9.87. The summed E-state index contributed by atoms with van der Waals surface area (Å²) < 4.78 is 71.2. The number of carbonyl (C=O) groups excluding carboxylic acids is 2. The molecule has 1 aliphatic carbocycles. The second kappa shape index (κ2) is 25.3. The Balaban J connectivity index is 0.000000294. The van der Waals surface area contributed by atoms with Crippen LogP contribution in [0.2, 0.25) is 5.02 Å². The molecule has 2 unspecified atom stereocenters. The molecule has 12 nitrogen and oxygen atoms in total. The summed E-state index contributed by atoms with van der Waals surface area (Å²) in [6.45, 7) is 3.75. The highest BCUT2D eigenvalue weighted by molar-refractivity contribution is 6.30. The van der Waals surface area contributed by atoms with Gasteiger partial charge in [-0.2, -0.15) is 0 Å². The zero-order valence-electron chi connectivity index (χ0n) is 36.5. The van der Waals surface area contributed by atoms with Gasteiger partial charge < -0.3 is 50.2 Å². The van der Waals surface area contributed by atoms with E-state index in [1.165, 1.54) is 12.1 Å². The fraction of sp³-hybridized carbons (Fsp3) is 0.689. The number of aliphatic hydroxyl groups is 2. The lowest BCUT2D eigenvalue weighted by atomic mass is 9.82. The maximum Gasteiger partial charge on any atom is 0.319 e. The highest BCUT2D eigenvalue weighted by Gasteiger charge is 2.43. The Morgan fingerprint density at radius 1 is 0.919 bits per heavy atom. The Hall–Kier alpha value is -3.25. The Morgan fingerprint density at radius 2 is 1.58 bits per heavy atom. The average Bonchev–Trinajstić information content (AvgIpc) is 3.26. The first-order valence-corrected chi connectivity index (χ1v) is 22.4. The number of alkyl halides is 2. The van der Waals surface area contributed by atoms with Crippen molar-refractivity contribution in [1.29, 1.82) is 0 Å². The Morgan fingerprint density at radius 3 is 2.23 bits per heavy atom. The minimum Gasteiger partial charge on any atom is -0.385 e. The molecule has 4 amide bonds. The number of carbonyl (C=O) groups is 2. The standard InChI is InChI=1S/C27H42ClF2N3O4.C18H26F2N2O3/c1-31-18-23(16-20-8-11-26(29,30)12-9-20)32-25(34)33-13-15-37-24(19-33)27(35,10-3-4-14-36-2)21-6-5-7-22(28)17-21;1-25-13-6-3-10-18(24,14-8-7-9-15(19)16(14)20)21-17(23)22-11-4-2-5-12-22/h5-7,17,20,23-24,31,35H,3-4,8-16,18-19H2,1-2H3,(H,32,34);7-9,24H,2-6,10-13H2,1H3,(H,21,23)/t23-,24?,27?;18-/m00/s1. The zero-order valence-corrected chi connectivity index (χ0v) is 37.3. The summed E-state index contributed by atoms with van der Waals surface area (Å²) in [5.74, 6) is -4.60. The molecule has 0 bridgehead atoms. The van der Waals surface area contributed by atoms with Crippen LogP contribution in [0.3, 0.4) is 0 Å². The molecule has 5 N–H and O–H groups in total. The molecule has 0 radical (unpaired) electrons. The van der Waals surface area contributed by atoms with Gasteiger partial charge in [0, 0.05) is 83.1 Å². The van der Waals surface area contributed by atoms with Crippen molar-refractivity contribution in [2.24, 2.45) is 5.92 Å². The number of unbranched alkanes of at least 4 members (excludes halogenated alkanes) is 2. The molecule has 4 atom stereocenters. The first-order valence-electron chi connectivity index (χ1n) is 22.0. The molecular weight excluding hydrogens is 834 g/mol. The molecule has 350 valence electrons. The molecule has 17 heteroatoms. The predicted octanol–water partition coefficient (Wildman–Crippen LogP) is 7.68. The molecule has 0 spiro atoms. The number of rotatable bonds is 19. The fourth-order valence-corrected chi connectivity index (χ4v) is 8.71. The van der Waals surface area contributed by atoms with Crippen LogP contribution in [0.4, 0.5) is 27.2 Å². The molecule has 3 fully saturated rings. The Kier molecular flexibility index (Phi) is 21.0. The number of morpholine rings is 1. The number of piperidine rings is 1. The van der Waals surface area contributed by atoms with E-state index in [1.807, 2.05) is 13.1 Å². The number of ether oxygens (including phenoxy) is 3. The van der Waals surface area contributed by atoms with Gasteiger partial charge in [-0.1, -0.05) is 35.9 Å². The summed E-state index contributed by atoms with van der Waals surface area (Å²) in [5, 5.41) is 32.1. The molecule has 2 aromatic rings. The summed E-state index contributed by atoms with van der Waals surface area (Å²) in [7, 11) is 5.03. The third kappa shape index (κ3) is 15.5. The van der Waals surface area contributed by atoms with Crippen molar-refractivity contribution >= 4 is 23.7 Å². The number of methoxy groups -OCH3 is 2. The SMILES string of the molecule is CNC[C@H](CC1CCC(F)(F)CC1)NC(=O)N1CCOC(C(O)(CCCCOC)c2cccc(Cl)c2)C1.COCCCC[C@@](O)(NC(=O)N1CCCCC1)c1cccc(F)c1F. The van der Waals surface area contributed by atoms with Crippen LogP contribution in [0.5, 0.6) is 0 Å².